The van der Waals surface area contributed by atoms with E-state index >= 15 is 0 Å². The van der Waals surface area contributed by atoms with Crippen molar-refractivity contribution in [2.45, 2.75) is 24.3 Å². The van der Waals surface area contributed by atoms with Crippen LogP contribution in [0.5, 0.6) is 0 Å². The van der Waals surface area contributed by atoms with Crippen LogP contribution in [-0.4, -0.2) is 25.3 Å². The van der Waals surface area contributed by atoms with E-state index in [1.807, 2.05) is 25.1 Å². The van der Waals surface area contributed by atoms with Crippen LogP contribution in [0, 0.1) is 12.8 Å². The van der Waals surface area contributed by atoms with E-state index in [0.717, 1.165) is 12.0 Å². The van der Waals surface area contributed by atoms with Crippen molar-refractivity contribution in [3.8, 4) is 0 Å². The summed E-state index contributed by atoms with van der Waals surface area (Å²) in [5.74, 6) is 0.417. The predicted octanol–water partition coefficient (Wildman–Crippen LogP) is 1.94. The fourth-order valence-electron chi connectivity index (χ4n) is 2.59. The summed E-state index contributed by atoms with van der Waals surface area (Å²) in [5, 5.41) is 0. The topological polar surface area (TPSA) is 37.4 Å². The summed E-state index contributed by atoms with van der Waals surface area (Å²) in [6.45, 7) is 2.59. The van der Waals surface area contributed by atoms with Gasteiger partial charge in [0.25, 0.3) is 0 Å². The van der Waals surface area contributed by atoms with E-state index in [1.165, 1.54) is 0 Å². The highest BCUT2D eigenvalue weighted by Crippen LogP contribution is 2.35. The standard InChI is InChI=1S/C13H15NO2S/c1-10-2-6-13(7-3-10)17(15,16)14-9-11-4-5-12(14)8-11/h2-7,11-12H,8-9H2,1H3/t11-,12+/m1/s1. The molecule has 0 aromatic heterocycles. The Morgan fingerprint density at radius 2 is 1.88 bits per heavy atom. The first-order chi connectivity index (χ1) is 8.07. The van der Waals surface area contributed by atoms with Crippen molar-refractivity contribution in [3.63, 3.8) is 0 Å². The van der Waals surface area contributed by atoms with E-state index in [4.69, 9.17) is 0 Å². The largest absolute Gasteiger partial charge is 0.243 e. The molecular weight excluding hydrogens is 234 g/mol. The van der Waals surface area contributed by atoms with Gasteiger partial charge in [0, 0.05) is 12.6 Å². The van der Waals surface area contributed by atoms with Gasteiger partial charge in [0.15, 0.2) is 0 Å². The summed E-state index contributed by atoms with van der Waals surface area (Å²) in [6, 6.07) is 7.15. The summed E-state index contributed by atoms with van der Waals surface area (Å²) in [5.41, 5.74) is 1.08. The van der Waals surface area contributed by atoms with E-state index in [0.29, 0.717) is 17.4 Å². The maximum Gasteiger partial charge on any atom is 0.243 e. The van der Waals surface area contributed by atoms with Crippen LogP contribution in [-0.2, 0) is 10.0 Å². The fourth-order valence-corrected chi connectivity index (χ4v) is 4.24. The Bertz CT molecular complexity index is 560. The van der Waals surface area contributed by atoms with Crippen molar-refractivity contribution < 1.29 is 8.42 Å². The number of nitrogens with zero attached hydrogens (tertiary/aromatic N) is 1. The molecule has 17 heavy (non-hydrogen) atoms. The molecule has 2 aliphatic rings. The minimum atomic E-state index is -3.30. The van der Waals surface area contributed by atoms with Crippen molar-refractivity contribution >= 4 is 10.0 Å². The quantitative estimate of drug-likeness (QED) is 0.751. The lowest BCUT2D eigenvalue weighted by molar-refractivity contribution is 0.422. The van der Waals surface area contributed by atoms with Gasteiger partial charge in [-0.15, -0.1) is 0 Å². The average Bonchev–Trinajstić information content (AvgIpc) is 2.91. The second kappa shape index (κ2) is 3.68. The number of fused-ring (bicyclic) bond motifs is 2. The average molecular weight is 249 g/mol. The van der Waals surface area contributed by atoms with Crippen LogP contribution >= 0.6 is 0 Å². The van der Waals surface area contributed by atoms with Crippen LogP contribution in [0.2, 0.25) is 0 Å². The van der Waals surface area contributed by atoms with Crippen LogP contribution in [0.4, 0.5) is 0 Å². The Labute approximate surface area is 102 Å². The van der Waals surface area contributed by atoms with Crippen LogP contribution in [0.1, 0.15) is 12.0 Å². The molecule has 1 fully saturated rings. The lowest BCUT2D eigenvalue weighted by Gasteiger charge is -2.23. The monoisotopic (exact) mass is 249 g/mol. The lowest BCUT2D eigenvalue weighted by Crippen LogP contribution is -2.35. The molecule has 2 bridgehead atoms. The van der Waals surface area contributed by atoms with Crippen molar-refractivity contribution in [1.82, 2.24) is 4.31 Å². The third kappa shape index (κ3) is 1.72. The molecule has 90 valence electrons. The first-order valence-corrected chi connectivity index (χ1v) is 7.28. The number of hydrogen-bond donors (Lipinski definition) is 0. The first-order valence-electron chi connectivity index (χ1n) is 5.84. The maximum absolute atomic E-state index is 12.4. The Balaban J connectivity index is 1.96. The molecular formula is C13H15NO2S. The SMILES string of the molecule is Cc1ccc(S(=O)(=O)N2C[C@@H]3C=C[C@H]2C3)cc1. The number of benzene rings is 1. The zero-order valence-corrected chi connectivity index (χ0v) is 10.5. The molecule has 0 amide bonds. The molecule has 2 atom stereocenters. The zero-order chi connectivity index (χ0) is 12.0. The number of aryl methyl sites for hydroxylation is 1. The molecule has 0 spiro atoms. The Morgan fingerprint density at radius 1 is 1.18 bits per heavy atom. The summed E-state index contributed by atoms with van der Waals surface area (Å²) < 4.78 is 26.5. The summed E-state index contributed by atoms with van der Waals surface area (Å²) >= 11 is 0. The lowest BCUT2D eigenvalue weighted by atomic mass is 10.2. The molecule has 3 rings (SSSR count). The molecule has 0 N–H and O–H groups in total. The van der Waals surface area contributed by atoms with Gasteiger partial charge in [-0.25, -0.2) is 8.42 Å². The van der Waals surface area contributed by atoms with Gasteiger partial charge in [-0.2, -0.15) is 4.31 Å². The van der Waals surface area contributed by atoms with Crippen molar-refractivity contribution in [3.05, 3.63) is 42.0 Å². The second-order valence-corrected chi connectivity index (χ2v) is 6.73. The molecule has 1 saturated heterocycles. The normalized spacial score (nSPS) is 27.8. The molecule has 1 aliphatic carbocycles. The zero-order valence-electron chi connectivity index (χ0n) is 9.70. The van der Waals surface area contributed by atoms with E-state index in [2.05, 4.69) is 6.08 Å². The van der Waals surface area contributed by atoms with Gasteiger partial charge >= 0.3 is 0 Å². The van der Waals surface area contributed by atoms with Gasteiger partial charge in [0.2, 0.25) is 10.0 Å². The molecule has 1 aromatic rings. The Morgan fingerprint density at radius 3 is 2.41 bits per heavy atom. The third-order valence-electron chi connectivity index (χ3n) is 3.56. The van der Waals surface area contributed by atoms with E-state index in [1.54, 1.807) is 16.4 Å². The minimum Gasteiger partial charge on any atom is -0.207 e. The minimum absolute atomic E-state index is 0.0753. The first kappa shape index (κ1) is 11.0. The van der Waals surface area contributed by atoms with E-state index in [9.17, 15) is 8.42 Å². The van der Waals surface area contributed by atoms with Crippen LogP contribution in [0.15, 0.2) is 41.3 Å². The Kier molecular flexibility index (Phi) is 2.38. The van der Waals surface area contributed by atoms with Crippen molar-refractivity contribution in [2.75, 3.05) is 6.54 Å². The molecule has 0 radical (unpaired) electrons. The van der Waals surface area contributed by atoms with Crippen LogP contribution in [0.3, 0.4) is 0 Å². The maximum atomic E-state index is 12.4. The molecule has 4 heteroatoms. The fraction of sp³-hybridized carbons (Fsp3) is 0.385. The van der Waals surface area contributed by atoms with Crippen LogP contribution in [0.25, 0.3) is 0 Å². The highest BCUT2D eigenvalue weighted by molar-refractivity contribution is 7.89. The number of sulfonamides is 1. The molecule has 3 nitrogen and oxygen atoms in total. The van der Waals surface area contributed by atoms with Gasteiger partial charge in [0.1, 0.15) is 0 Å². The molecule has 0 unspecified atom stereocenters. The van der Waals surface area contributed by atoms with Gasteiger partial charge in [0.05, 0.1) is 4.90 Å². The molecule has 1 aliphatic heterocycles. The van der Waals surface area contributed by atoms with Gasteiger partial charge < -0.3 is 0 Å². The van der Waals surface area contributed by atoms with Gasteiger partial charge in [-0.1, -0.05) is 29.8 Å². The summed E-state index contributed by atoms with van der Waals surface area (Å²) in [6.07, 6.45) is 5.09. The number of hydrogen-bond acceptors (Lipinski definition) is 2. The van der Waals surface area contributed by atoms with Crippen LogP contribution < -0.4 is 0 Å². The predicted molar refractivity (Wildman–Crippen MR) is 66.1 cm³/mol. The molecule has 1 heterocycles. The van der Waals surface area contributed by atoms with Gasteiger partial charge in [-0.3, -0.25) is 0 Å². The smallest absolute Gasteiger partial charge is 0.207 e. The highest BCUT2D eigenvalue weighted by Gasteiger charge is 2.41. The molecule has 0 saturated carbocycles. The third-order valence-corrected chi connectivity index (χ3v) is 5.47. The van der Waals surface area contributed by atoms with E-state index < -0.39 is 10.0 Å². The molecule has 1 aromatic carbocycles. The number of rotatable bonds is 2. The Hall–Kier alpha value is -1.13. The van der Waals surface area contributed by atoms with Crippen molar-refractivity contribution in [2.24, 2.45) is 5.92 Å². The highest BCUT2D eigenvalue weighted by atomic mass is 32.2. The second-order valence-electron chi connectivity index (χ2n) is 4.84. The van der Waals surface area contributed by atoms with Crippen molar-refractivity contribution in [1.29, 1.82) is 0 Å². The van der Waals surface area contributed by atoms with E-state index in [-0.39, 0.29) is 6.04 Å². The summed E-state index contributed by atoms with van der Waals surface area (Å²) in [4.78, 5) is 0.407. The summed E-state index contributed by atoms with van der Waals surface area (Å²) in [7, 11) is -3.30. The van der Waals surface area contributed by atoms with Gasteiger partial charge in [-0.05, 0) is 31.4 Å².